The Balaban J connectivity index is 1.46. The molecule has 0 aliphatic rings. The van der Waals surface area contributed by atoms with Crippen molar-refractivity contribution in [1.29, 1.82) is 0 Å². The van der Waals surface area contributed by atoms with Gasteiger partial charge in [-0.1, -0.05) is 0 Å². The van der Waals surface area contributed by atoms with E-state index in [0.717, 1.165) is 28.5 Å². The minimum Gasteiger partial charge on any atom is -0.356 e. The van der Waals surface area contributed by atoms with Gasteiger partial charge in [-0.15, -0.1) is 11.3 Å². The van der Waals surface area contributed by atoms with Crippen LogP contribution in [0.4, 0.5) is 0 Å². The first-order chi connectivity index (χ1) is 12.1. The van der Waals surface area contributed by atoms with Gasteiger partial charge >= 0.3 is 0 Å². The highest BCUT2D eigenvalue weighted by molar-refractivity contribution is 7.13. The summed E-state index contributed by atoms with van der Waals surface area (Å²) < 4.78 is 2.01. The highest BCUT2D eigenvalue weighted by Crippen LogP contribution is 2.22. The monoisotopic (exact) mass is 355 g/mol. The van der Waals surface area contributed by atoms with E-state index >= 15 is 0 Å². The molecule has 0 radical (unpaired) electrons. The van der Waals surface area contributed by atoms with Crippen molar-refractivity contribution in [2.24, 2.45) is 0 Å². The van der Waals surface area contributed by atoms with Crippen LogP contribution in [0.2, 0.25) is 0 Å². The summed E-state index contributed by atoms with van der Waals surface area (Å²) in [6.07, 6.45) is 8.38. The van der Waals surface area contributed by atoms with Crippen LogP contribution < -0.4 is 5.32 Å². The third-order valence-electron chi connectivity index (χ3n) is 3.98. The Morgan fingerprint density at radius 1 is 1.40 bits per heavy atom. The largest absolute Gasteiger partial charge is 0.356 e. The predicted octanol–water partition coefficient (Wildman–Crippen LogP) is 3.02. The van der Waals surface area contributed by atoms with Crippen molar-refractivity contribution >= 4 is 17.2 Å². The summed E-state index contributed by atoms with van der Waals surface area (Å²) in [6.45, 7) is 4.55. The first kappa shape index (κ1) is 17.3. The van der Waals surface area contributed by atoms with Crippen LogP contribution in [-0.2, 0) is 11.2 Å². The topological polar surface area (TPSA) is 72.7 Å². The molecule has 1 N–H and O–H groups in total. The predicted molar refractivity (Wildman–Crippen MR) is 98.4 cm³/mol. The first-order valence-electron chi connectivity index (χ1n) is 8.24. The van der Waals surface area contributed by atoms with Crippen molar-refractivity contribution in [1.82, 2.24) is 24.8 Å². The molecule has 0 aliphatic carbocycles. The maximum atomic E-state index is 12.1. The van der Waals surface area contributed by atoms with Gasteiger partial charge in [0.25, 0.3) is 0 Å². The molecule has 0 saturated carbocycles. The second-order valence-electron chi connectivity index (χ2n) is 5.92. The number of pyridine rings is 1. The third kappa shape index (κ3) is 4.51. The van der Waals surface area contributed by atoms with Gasteiger partial charge in [0.2, 0.25) is 5.91 Å². The molecule has 0 saturated heterocycles. The maximum absolute atomic E-state index is 12.1. The molecule has 6 nitrogen and oxygen atoms in total. The van der Waals surface area contributed by atoms with Crippen molar-refractivity contribution in [2.45, 2.75) is 32.7 Å². The summed E-state index contributed by atoms with van der Waals surface area (Å²) in [4.78, 5) is 25.0. The first-order valence-corrected chi connectivity index (χ1v) is 9.12. The zero-order valence-corrected chi connectivity index (χ0v) is 15.2. The third-order valence-corrected chi connectivity index (χ3v) is 4.92. The van der Waals surface area contributed by atoms with Crippen LogP contribution in [0.25, 0.3) is 10.6 Å². The molecule has 0 aromatic carbocycles. The lowest BCUT2D eigenvalue weighted by molar-refractivity contribution is -0.121. The quantitative estimate of drug-likeness (QED) is 0.707. The molecule has 130 valence electrons. The van der Waals surface area contributed by atoms with E-state index in [4.69, 9.17) is 0 Å². The number of rotatable bonds is 7. The van der Waals surface area contributed by atoms with Gasteiger partial charge in [0.15, 0.2) is 0 Å². The summed E-state index contributed by atoms with van der Waals surface area (Å²) in [7, 11) is 0. The van der Waals surface area contributed by atoms with Crippen LogP contribution >= 0.6 is 11.3 Å². The number of imidazole rings is 1. The van der Waals surface area contributed by atoms with Gasteiger partial charge in [0, 0.05) is 61.2 Å². The van der Waals surface area contributed by atoms with E-state index in [0.29, 0.717) is 13.0 Å². The lowest BCUT2D eigenvalue weighted by Crippen LogP contribution is -2.28. The van der Waals surface area contributed by atoms with Crippen molar-refractivity contribution in [2.75, 3.05) is 6.54 Å². The molecule has 7 heteroatoms. The van der Waals surface area contributed by atoms with E-state index in [9.17, 15) is 4.79 Å². The Kier molecular flexibility index (Phi) is 5.55. The number of hydrogen-bond acceptors (Lipinski definition) is 5. The second-order valence-corrected chi connectivity index (χ2v) is 6.78. The fraction of sp³-hybridized carbons (Fsp3) is 0.333. The summed E-state index contributed by atoms with van der Waals surface area (Å²) in [5, 5.41) is 5.96. The van der Waals surface area contributed by atoms with Crippen molar-refractivity contribution < 1.29 is 4.79 Å². The SMILES string of the molecule is Cc1nccn1[C@@H](C)CC(=O)NCCc1csc(-c2cccnc2)n1. The van der Waals surface area contributed by atoms with Gasteiger partial charge in [-0.2, -0.15) is 0 Å². The summed E-state index contributed by atoms with van der Waals surface area (Å²) in [6, 6.07) is 4.00. The molecule has 1 atom stereocenters. The molecule has 0 fully saturated rings. The minimum absolute atomic E-state index is 0.0447. The number of carbonyl (C=O) groups is 1. The Bertz CT molecular complexity index is 827. The zero-order valence-electron chi connectivity index (χ0n) is 14.3. The number of amides is 1. The fourth-order valence-electron chi connectivity index (χ4n) is 2.67. The molecule has 3 aromatic rings. The van der Waals surface area contributed by atoms with Gasteiger partial charge in [0.05, 0.1) is 5.69 Å². The van der Waals surface area contributed by atoms with E-state index in [2.05, 4.69) is 20.3 Å². The summed E-state index contributed by atoms with van der Waals surface area (Å²) >= 11 is 1.60. The number of hydrogen-bond donors (Lipinski definition) is 1. The van der Waals surface area contributed by atoms with Crippen molar-refractivity contribution in [3.05, 3.63) is 53.8 Å². The van der Waals surface area contributed by atoms with Gasteiger partial charge in [-0.3, -0.25) is 9.78 Å². The minimum atomic E-state index is 0.0447. The van der Waals surface area contributed by atoms with E-state index in [-0.39, 0.29) is 11.9 Å². The maximum Gasteiger partial charge on any atom is 0.222 e. The van der Waals surface area contributed by atoms with Crippen molar-refractivity contribution in [3.63, 3.8) is 0 Å². The molecule has 3 heterocycles. The van der Waals surface area contributed by atoms with Gasteiger partial charge in [0.1, 0.15) is 10.8 Å². The van der Waals surface area contributed by atoms with Gasteiger partial charge in [-0.05, 0) is 26.0 Å². The van der Waals surface area contributed by atoms with Crippen LogP contribution in [-0.4, -0.2) is 32.0 Å². The lowest BCUT2D eigenvalue weighted by Gasteiger charge is -2.14. The summed E-state index contributed by atoms with van der Waals surface area (Å²) in [5.41, 5.74) is 2.01. The number of nitrogens with zero attached hydrogens (tertiary/aromatic N) is 4. The van der Waals surface area contributed by atoms with Crippen molar-refractivity contribution in [3.8, 4) is 10.6 Å². The van der Waals surface area contributed by atoms with Gasteiger partial charge in [-0.25, -0.2) is 9.97 Å². The smallest absolute Gasteiger partial charge is 0.222 e. The molecule has 0 bridgehead atoms. The average molecular weight is 355 g/mol. The number of carbonyl (C=O) groups excluding carboxylic acids is 1. The Morgan fingerprint density at radius 2 is 2.28 bits per heavy atom. The second kappa shape index (κ2) is 8.02. The van der Waals surface area contributed by atoms with Gasteiger partial charge < -0.3 is 9.88 Å². The van der Waals surface area contributed by atoms with Crippen LogP contribution in [0.3, 0.4) is 0 Å². The van der Waals surface area contributed by atoms with Crippen LogP contribution in [0, 0.1) is 6.92 Å². The van der Waals surface area contributed by atoms with E-state index in [1.165, 1.54) is 0 Å². The molecular weight excluding hydrogens is 334 g/mol. The number of thiazole rings is 1. The zero-order chi connectivity index (χ0) is 17.6. The summed E-state index contributed by atoms with van der Waals surface area (Å²) in [5.74, 6) is 0.967. The van der Waals surface area contributed by atoms with E-state index in [1.807, 2.05) is 48.3 Å². The molecule has 0 aliphatic heterocycles. The van der Waals surface area contributed by atoms with Crippen LogP contribution in [0.15, 0.2) is 42.3 Å². The lowest BCUT2D eigenvalue weighted by atomic mass is 10.2. The normalized spacial score (nSPS) is 12.1. The highest BCUT2D eigenvalue weighted by atomic mass is 32.1. The van der Waals surface area contributed by atoms with E-state index in [1.54, 1.807) is 23.7 Å². The number of aryl methyl sites for hydroxylation is 1. The molecule has 25 heavy (non-hydrogen) atoms. The fourth-order valence-corrected chi connectivity index (χ4v) is 3.51. The van der Waals surface area contributed by atoms with Crippen LogP contribution in [0.5, 0.6) is 0 Å². The number of aromatic nitrogens is 4. The van der Waals surface area contributed by atoms with E-state index < -0.39 is 0 Å². The highest BCUT2D eigenvalue weighted by Gasteiger charge is 2.12. The molecule has 0 spiro atoms. The Labute approximate surface area is 151 Å². The number of nitrogens with one attached hydrogen (secondary N) is 1. The molecular formula is C18H21N5OS. The molecule has 0 unspecified atom stereocenters. The average Bonchev–Trinajstić information content (AvgIpc) is 3.24. The molecule has 3 aromatic heterocycles. The molecule has 3 rings (SSSR count). The van der Waals surface area contributed by atoms with Crippen LogP contribution in [0.1, 0.15) is 30.9 Å². The molecule has 1 amide bonds. The Morgan fingerprint density at radius 3 is 3.00 bits per heavy atom. The Hall–Kier alpha value is -2.54. The standard InChI is InChI=1S/C18H21N5OS/c1-13(23-9-8-20-14(23)2)10-17(24)21-7-5-16-12-25-18(22-16)15-4-3-6-19-11-15/h3-4,6,8-9,11-13H,5,7,10H2,1-2H3,(H,21,24)/t13-/m0/s1.